The average Bonchev–Trinajstić information content (AvgIpc) is 2.28. The molecule has 1 aromatic carbocycles. The molecule has 1 atom stereocenters. The molecule has 0 amide bonds. The van der Waals surface area contributed by atoms with E-state index in [-0.39, 0.29) is 0 Å². The van der Waals surface area contributed by atoms with Gasteiger partial charge in [-0.1, -0.05) is 38.1 Å². The minimum Gasteiger partial charge on any atom is -0.224 e. The maximum atomic E-state index is 11.3. The first-order valence-corrected chi connectivity index (χ1v) is 7.79. The SMILES string of the molecule is CC/C=C\CC(C)c1ccc(S(C)(=O)=O)cc1. The van der Waals surface area contributed by atoms with Gasteiger partial charge in [0.2, 0.25) is 0 Å². The van der Waals surface area contributed by atoms with Gasteiger partial charge in [-0.25, -0.2) is 8.42 Å². The van der Waals surface area contributed by atoms with E-state index in [4.69, 9.17) is 0 Å². The number of allylic oxidation sites excluding steroid dienone is 2. The summed E-state index contributed by atoms with van der Waals surface area (Å²) in [5.41, 5.74) is 1.18. The van der Waals surface area contributed by atoms with Gasteiger partial charge in [0, 0.05) is 6.26 Å². The molecule has 0 fully saturated rings. The van der Waals surface area contributed by atoms with Crippen LogP contribution in [0.4, 0.5) is 0 Å². The van der Waals surface area contributed by atoms with Crippen LogP contribution in [-0.4, -0.2) is 14.7 Å². The van der Waals surface area contributed by atoms with Crippen LogP contribution in [0, 0.1) is 0 Å². The van der Waals surface area contributed by atoms with Crippen molar-refractivity contribution in [2.45, 2.75) is 37.5 Å². The van der Waals surface area contributed by atoms with E-state index in [1.54, 1.807) is 12.1 Å². The lowest BCUT2D eigenvalue weighted by Crippen LogP contribution is -1.98. The van der Waals surface area contributed by atoms with Gasteiger partial charge in [-0.15, -0.1) is 0 Å². The Labute approximate surface area is 104 Å². The molecule has 94 valence electrons. The zero-order valence-corrected chi connectivity index (χ0v) is 11.5. The van der Waals surface area contributed by atoms with E-state index in [9.17, 15) is 8.42 Å². The fourth-order valence-corrected chi connectivity index (χ4v) is 2.28. The Morgan fingerprint density at radius 3 is 2.24 bits per heavy atom. The summed E-state index contributed by atoms with van der Waals surface area (Å²) in [6.07, 6.45) is 7.61. The second-order valence-electron chi connectivity index (χ2n) is 4.36. The van der Waals surface area contributed by atoms with Gasteiger partial charge in [0.1, 0.15) is 0 Å². The third-order valence-electron chi connectivity index (χ3n) is 2.77. The van der Waals surface area contributed by atoms with Crippen molar-refractivity contribution in [3.05, 3.63) is 42.0 Å². The molecule has 17 heavy (non-hydrogen) atoms. The summed E-state index contributed by atoms with van der Waals surface area (Å²) in [6.45, 7) is 4.26. The maximum Gasteiger partial charge on any atom is 0.175 e. The molecule has 2 nitrogen and oxygen atoms in total. The third-order valence-corrected chi connectivity index (χ3v) is 3.90. The van der Waals surface area contributed by atoms with Gasteiger partial charge in [-0.2, -0.15) is 0 Å². The zero-order valence-electron chi connectivity index (χ0n) is 10.7. The van der Waals surface area contributed by atoms with Gasteiger partial charge in [0.05, 0.1) is 4.90 Å². The minimum absolute atomic E-state index is 0.387. The molecule has 0 radical (unpaired) electrons. The number of rotatable bonds is 5. The molecule has 0 saturated heterocycles. The van der Waals surface area contributed by atoms with Crippen molar-refractivity contribution in [2.24, 2.45) is 0 Å². The Kier molecular flexibility index (Phi) is 4.94. The van der Waals surface area contributed by atoms with Crippen LogP contribution in [-0.2, 0) is 9.84 Å². The van der Waals surface area contributed by atoms with Crippen LogP contribution in [0.2, 0.25) is 0 Å². The normalized spacial score (nSPS) is 14.1. The molecule has 0 bridgehead atoms. The molecule has 0 heterocycles. The Balaban J connectivity index is 2.77. The molecule has 0 N–H and O–H groups in total. The highest BCUT2D eigenvalue weighted by Gasteiger charge is 2.08. The van der Waals surface area contributed by atoms with Crippen molar-refractivity contribution in [1.29, 1.82) is 0 Å². The van der Waals surface area contributed by atoms with Crippen LogP contribution in [0.25, 0.3) is 0 Å². The van der Waals surface area contributed by atoms with Crippen LogP contribution >= 0.6 is 0 Å². The molecule has 0 aliphatic carbocycles. The van der Waals surface area contributed by atoms with Crippen LogP contribution < -0.4 is 0 Å². The van der Waals surface area contributed by atoms with Gasteiger partial charge < -0.3 is 0 Å². The summed E-state index contributed by atoms with van der Waals surface area (Å²) >= 11 is 0. The van der Waals surface area contributed by atoms with Crippen molar-refractivity contribution in [3.63, 3.8) is 0 Å². The number of sulfone groups is 1. The first kappa shape index (κ1) is 14.0. The molecular formula is C14H20O2S. The van der Waals surface area contributed by atoms with Gasteiger partial charge >= 0.3 is 0 Å². The average molecular weight is 252 g/mol. The monoisotopic (exact) mass is 252 g/mol. The van der Waals surface area contributed by atoms with Crippen molar-refractivity contribution < 1.29 is 8.42 Å². The highest BCUT2D eigenvalue weighted by Crippen LogP contribution is 2.21. The number of hydrogen-bond acceptors (Lipinski definition) is 2. The molecule has 1 rings (SSSR count). The molecule has 0 aliphatic rings. The summed E-state index contributed by atoms with van der Waals surface area (Å²) in [7, 11) is -3.08. The lowest BCUT2D eigenvalue weighted by molar-refractivity contribution is 0.602. The van der Waals surface area contributed by atoms with E-state index < -0.39 is 9.84 Å². The van der Waals surface area contributed by atoms with Gasteiger partial charge in [0.25, 0.3) is 0 Å². The Morgan fingerprint density at radius 2 is 1.76 bits per heavy atom. The predicted molar refractivity (Wildman–Crippen MR) is 72.0 cm³/mol. The fraction of sp³-hybridized carbons (Fsp3) is 0.429. The smallest absolute Gasteiger partial charge is 0.175 e. The summed E-state index contributed by atoms with van der Waals surface area (Å²) < 4.78 is 22.6. The largest absolute Gasteiger partial charge is 0.224 e. The van der Waals surface area contributed by atoms with Crippen LogP contribution in [0.15, 0.2) is 41.3 Å². The van der Waals surface area contributed by atoms with E-state index in [0.717, 1.165) is 12.8 Å². The molecule has 0 aliphatic heterocycles. The van der Waals surface area contributed by atoms with Crippen molar-refractivity contribution in [1.82, 2.24) is 0 Å². The van der Waals surface area contributed by atoms with E-state index in [1.807, 2.05) is 12.1 Å². The van der Waals surface area contributed by atoms with Gasteiger partial charge in [-0.05, 0) is 36.5 Å². The maximum absolute atomic E-state index is 11.3. The summed E-state index contributed by atoms with van der Waals surface area (Å²) in [5.74, 6) is 0.423. The zero-order chi connectivity index (χ0) is 12.9. The van der Waals surface area contributed by atoms with Crippen LogP contribution in [0.5, 0.6) is 0 Å². The summed E-state index contributed by atoms with van der Waals surface area (Å²) in [6, 6.07) is 7.18. The predicted octanol–water partition coefficient (Wildman–Crippen LogP) is 3.55. The second-order valence-corrected chi connectivity index (χ2v) is 6.37. The van der Waals surface area contributed by atoms with E-state index in [0.29, 0.717) is 10.8 Å². The van der Waals surface area contributed by atoms with E-state index >= 15 is 0 Å². The highest BCUT2D eigenvalue weighted by atomic mass is 32.2. The van der Waals surface area contributed by atoms with E-state index in [1.165, 1.54) is 11.8 Å². The topological polar surface area (TPSA) is 34.1 Å². The molecule has 3 heteroatoms. The van der Waals surface area contributed by atoms with Gasteiger partial charge in [-0.3, -0.25) is 0 Å². The second kappa shape index (κ2) is 6.01. The number of benzene rings is 1. The first-order chi connectivity index (χ1) is 7.95. The molecular weight excluding hydrogens is 232 g/mol. The molecule has 0 aromatic heterocycles. The Hall–Kier alpha value is -1.09. The summed E-state index contributed by atoms with van der Waals surface area (Å²) in [4.78, 5) is 0.387. The van der Waals surface area contributed by atoms with Crippen LogP contribution in [0.1, 0.15) is 38.2 Å². The van der Waals surface area contributed by atoms with Crippen molar-refractivity contribution >= 4 is 9.84 Å². The number of hydrogen-bond donors (Lipinski definition) is 0. The van der Waals surface area contributed by atoms with Crippen molar-refractivity contribution in [2.75, 3.05) is 6.26 Å². The fourth-order valence-electron chi connectivity index (χ4n) is 1.65. The molecule has 1 aromatic rings. The Bertz CT molecular complexity index is 469. The van der Waals surface area contributed by atoms with Crippen LogP contribution in [0.3, 0.4) is 0 Å². The minimum atomic E-state index is -3.08. The lowest BCUT2D eigenvalue weighted by Gasteiger charge is -2.09. The third kappa shape index (κ3) is 4.35. The van der Waals surface area contributed by atoms with Gasteiger partial charge in [0.15, 0.2) is 9.84 Å². The first-order valence-electron chi connectivity index (χ1n) is 5.90. The quantitative estimate of drug-likeness (QED) is 0.751. The lowest BCUT2D eigenvalue weighted by atomic mass is 9.98. The van der Waals surface area contributed by atoms with E-state index in [2.05, 4.69) is 26.0 Å². The summed E-state index contributed by atoms with van der Waals surface area (Å²) in [5, 5.41) is 0. The molecule has 0 saturated carbocycles. The highest BCUT2D eigenvalue weighted by molar-refractivity contribution is 7.90. The molecule has 1 unspecified atom stereocenters. The van der Waals surface area contributed by atoms with Crippen molar-refractivity contribution in [3.8, 4) is 0 Å². The standard InChI is InChI=1S/C14H20O2S/c1-4-5-6-7-12(2)13-8-10-14(11-9-13)17(3,15)16/h5-6,8-12H,4,7H2,1-3H3/b6-5-. The Morgan fingerprint density at radius 1 is 1.18 bits per heavy atom. The molecule has 0 spiro atoms.